The number of nitro groups is 1. The van der Waals surface area contributed by atoms with Crippen molar-refractivity contribution >= 4 is 40.4 Å². The Balaban J connectivity index is 1.61. The highest BCUT2D eigenvalue weighted by atomic mass is 32.2. The first-order chi connectivity index (χ1) is 12.9. The lowest BCUT2D eigenvalue weighted by Crippen LogP contribution is -2.15. The minimum atomic E-state index is -0.504. The molecule has 138 valence electrons. The minimum Gasteiger partial charge on any atom is -0.325 e. The Morgan fingerprint density at radius 2 is 2.04 bits per heavy atom. The molecule has 0 saturated carbocycles. The Kier molecular flexibility index (Phi) is 5.82. The molecule has 0 aliphatic carbocycles. The molecular formula is C18H14FN3O3S2. The van der Waals surface area contributed by atoms with Gasteiger partial charge in [-0.25, -0.2) is 9.37 Å². The molecule has 0 fully saturated rings. The Labute approximate surface area is 162 Å². The smallest absolute Gasteiger partial charge is 0.271 e. The third-order valence-electron chi connectivity index (χ3n) is 3.66. The molecule has 3 rings (SSSR count). The van der Waals surface area contributed by atoms with Crippen molar-refractivity contribution in [1.29, 1.82) is 0 Å². The van der Waals surface area contributed by atoms with Crippen LogP contribution in [0.4, 0.5) is 15.8 Å². The number of anilines is 1. The van der Waals surface area contributed by atoms with Gasteiger partial charge < -0.3 is 5.32 Å². The molecule has 0 saturated heterocycles. The summed E-state index contributed by atoms with van der Waals surface area (Å²) >= 11 is 2.67. The topological polar surface area (TPSA) is 85.1 Å². The van der Waals surface area contributed by atoms with Gasteiger partial charge in [0.05, 0.1) is 22.1 Å². The Hall–Kier alpha value is -2.78. The van der Waals surface area contributed by atoms with Crippen LogP contribution in [0.5, 0.6) is 0 Å². The van der Waals surface area contributed by atoms with Crippen LogP contribution in [0, 0.1) is 22.9 Å². The summed E-state index contributed by atoms with van der Waals surface area (Å²) < 4.78 is 13.7. The average Bonchev–Trinajstić information content (AvgIpc) is 3.11. The fraction of sp³-hybridized carbons (Fsp3) is 0.111. The lowest BCUT2D eigenvalue weighted by molar-refractivity contribution is -0.384. The van der Waals surface area contributed by atoms with Crippen LogP contribution in [0.1, 0.15) is 5.56 Å². The average molecular weight is 403 g/mol. The fourth-order valence-electron chi connectivity index (χ4n) is 2.25. The number of carbonyl (C=O) groups excluding carboxylic acids is 1. The highest BCUT2D eigenvalue weighted by molar-refractivity contribution is 8.01. The molecule has 1 N–H and O–H groups in total. The number of amides is 1. The van der Waals surface area contributed by atoms with Gasteiger partial charge in [-0.05, 0) is 36.8 Å². The van der Waals surface area contributed by atoms with Crippen molar-refractivity contribution in [2.24, 2.45) is 0 Å². The normalized spacial score (nSPS) is 10.6. The Morgan fingerprint density at radius 3 is 2.74 bits per heavy atom. The van der Waals surface area contributed by atoms with Crippen molar-refractivity contribution in [1.82, 2.24) is 4.98 Å². The predicted molar refractivity (Wildman–Crippen MR) is 105 cm³/mol. The van der Waals surface area contributed by atoms with Gasteiger partial charge in [0.25, 0.3) is 5.69 Å². The number of hydrogen-bond donors (Lipinski definition) is 1. The van der Waals surface area contributed by atoms with Crippen LogP contribution in [0.3, 0.4) is 0 Å². The fourth-order valence-corrected chi connectivity index (χ4v) is 3.88. The molecular weight excluding hydrogens is 389 g/mol. The predicted octanol–water partition coefficient (Wildman–Crippen LogP) is 4.90. The number of hydrogen-bond acceptors (Lipinski definition) is 6. The van der Waals surface area contributed by atoms with Crippen LogP contribution >= 0.6 is 23.1 Å². The number of carbonyl (C=O) groups is 1. The number of non-ortho nitro benzene ring substituents is 1. The number of nitrogens with one attached hydrogen (secondary N) is 1. The molecule has 0 aliphatic heterocycles. The second-order valence-corrected chi connectivity index (χ2v) is 7.68. The van der Waals surface area contributed by atoms with E-state index < -0.39 is 4.92 Å². The molecule has 2 aromatic carbocycles. The van der Waals surface area contributed by atoms with Crippen molar-refractivity contribution < 1.29 is 14.1 Å². The maximum absolute atomic E-state index is 13.0. The summed E-state index contributed by atoms with van der Waals surface area (Å²) in [5.74, 6) is -0.461. The third-order valence-corrected chi connectivity index (χ3v) is 5.68. The van der Waals surface area contributed by atoms with Gasteiger partial charge in [0.1, 0.15) is 5.82 Å². The van der Waals surface area contributed by atoms with Crippen LogP contribution in [-0.2, 0) is 4.79 Å². The van der Waals surface area contributed by atoms with Crippen molar-refractivity contribution in [3.63, 3.8) is 0 Å². The minimum absolute atomic E-state index is 0.0765. The van der Waals surface area contributed by atoms with E-state index in [-0.39, 0.29) is 23.2 Å². The van der Waals surface area contributed by atoms with Gasteiger partial charge in [0.2, 0.25) is 5.91 Å². The number of nitro benzene ring substituents is 1. The second-order valence-electron chi connectivity index (χ2n) is 5.60. The van der Waals surface area contributed by atoms with Gasteiger partial charge >= 0.3 is 0 Å². The summed E-state index contributed by atoms with van der Waals surface area (Å²) in [6, 6.07) is 10.4. The van der Waals surface area contributed by atoms with Crippen LogP contribution in [0.15, 0.2) is 52.2 Å². The summed E-state index contributed by atoms with van der Waals surface area (Å²) in [5.41, 5.74) is 2.61. The Morgan fingerprint density at radius 1 is 1.30 bits per heavy atom. The molecule has 1 amide bonds. The summed E-state index contributed by atoms with van der Waals surface area (Å²) in [7, 11) is 0. The highest BCUT2D eigenvalue weighted by Gasteiger charge is 2.12. The quantitative estimate of drug-likeness (QED) is 0.360. The molecule has 0 spiro atoms. The first-order valence-electron chi connectivity index (χ1n) is 7.81. The SMILES string of the molecule is Cc1ccc([N+](=O)[O-])cc1NC(=O)CSc1nc(-c2ccc(F)cc2)cs1. The number of nitrogens with zero attached hydrogens (tertiary/aromatic N) is 2. The number of thioether (sulfide) groups is 1. The van der Waals surface area contributed by atoms with Gasteiger partial charge in [-0.2, -0.15) is 0 Å². The molecule has 3 aromatic rings. The number of thiazole rings is 1. The van der Waals surface area contributed by atoms with Gasteiger partial charge in [-0.3, -0.25) is 14.9 Å². The molecule has 6 nitrogen and oxygen atoms in total. The van der Waals surface area contributed by atoms with Crippen molar-refractivity contribution in [2.45, 2.75) is 11.3 Å². The van der Waals surface area contributed by atoms with Crippen LogP contribution in [0.2, 0.25) is 0 Å². The summed E-state index contributed by atoms with van der Waals surface area (Å²) in [5, 5.41) is 15.4. The van der Waals surface area contributed by atoms with E-state index >= 15 is 0 Å². The van der Waals surface area contributed by atoms with E-state index in [4.69, 9.17) is 0 Å². The number of halogens is 1. The molecule has 9 heteroatoms. The molecule has 0 bridgehead atoms. The van der Waals surface area contributed by atoms with Crippen LogP contribution in [0.25, 0.3) is 11.3 Å². The molecule has 27 heavy (non-hydrogen) atoms. The lowest BCUT2D eigenvalue weighted by atomic mass is 10.2. The van der Waals surface area contributed by atoms with E-state index in [0.29, 0.717) is 10.0 Å². The number of aryl methyl sites for hydroxylation is 1. The van der Waals surface area contributed by atoms with Crippen molar-refractivity contribution in [3.05, 3.63) is 69.3 Å². The molecule has 1 heterocycles. The highest BCUT2D eigenvalue weighted by Crippen LogP contribution is 2.29. The second kappa shape index (κ2) is 8.28. The number of rotatable bonds is 6. The molecule has 1 aromatic heterocycles. The summed E-state index contributed by atoms with van der Waals surface area (Å²) in [4.78, 5) is 27.0. The number of benzene rings is 2. The van der Waals surface area contributed by atoms with Gasteiger partial charge in [0.15, 0.2) is 4.34 Å². The maximum atomic E-state index is 13.0. The molecule has 0 atom stereocenters. The standard InChI is InChI=1S/C18H14FN3O3S2/c1-11-2-7-14(22(24)25)8-15(11)20-17(23)10-27-18-21-16(9-26-18)12-3-5-13(19)6-4-12/h2-9H,10H2,1H3,(H,20,23). The zero-order chi connectivity index (χ0) is 19.4. The summed E-state index contributed by atoms with van der Waals surface area (Å²) in [6.07, 6.45) is 0. The summed E-state index contributed by atoms with van der Waals surface area (Å²) in [6.45, 7) is 1.77. The first kappa shape index (κ1) is 19.0. The van der Waals surface area contributed by atoms with Gasteiger partial charge in [0, 0.05) is 23.1 Å². The van der Waals surface area contributed by atoms with E-state index in [1.54, 1.807) is 25.1 Å². The monoisotopic (exact) mass is 403 g/mol. The number of aromatic nitrogens is 1. The van der Waals surface area contributed by atoms with Crippen LogP contribution in [-0.4, -0.2) is 21.6 Å². The lowest BCUT2D eigenvalue weighted by Gasteiger charge is -2.07. The van der Waals surface area contributed by atoms with Gasteiger partial charge in [-0.1, -0.05) is 17.8 Å². The zero-order valence-corrected chi connectivity index (χ0v) is 15.8. The zero-order valence-electron chi connectivity index (χ0n) is 14.1. The largest absolute Gasteiger partial charge is 0.325 e. The van der Waals surface area contributed by atoms with E-state index in [1.807, 2.05) is 5.38 Å². The van der Waals surface area contributed by atoms with Gasteiger partial charge in [-0.15, -0.1) is 11.3 Å². The van der Waals surface area contributed by atoms with Crippen LogP contribution < -0.4 is 5.32 Å². The van der Waals surface area contributed by atoms with E-state index in [0.717, 1.165) is 16.8 Å². The maximum Gasteiger partial charge on any atom is 0.271 e. The Bertz CT molecular complexity index is 990. The van der Waals surface area contributed by atoms with E-state index in [9.17, 15) is 19.3 Å². The third kappa shape index (κ3) is 4.89. The molecule has 0 radical (unpaired) electrons. The van der Waals surface area contributed by atoms with Crippen molar-refractivity contribution in [3.8, 4) is 11.3 Å². The van der Waals surface area contributed by atoms with Crippen molar-refractivity contribution in [2.75, 3.05) is 11.1 Å². The first-order valence-corrected chi connectivity index (χ1v) is 9.68. The van der Waals surface area contributed by atoms with E-state index in [2.05, 4.69) is 10.3 Å². The molecule has 0 aliphatic rings. The van der Waals surface area contributed by atoms with E-state index in [1.165, 1.54) is 47.4 Å². The molecule has 0 unspecified atom stereocenters.